The molecule has 9 heteroatoms. The maximum atomic E-state index is 12.9. The number of carbonyl (C=O) groups excluding carboxylic acids is 3. The fourth-order valence-corrected chi connectivity index (χ4v) is 4.63. The lowest BCUT2D eigenvalue weighted by atomic mass is 10.1. The van der Waals surface area contributed by atoms with Crippen molar-refractivity contribution in [3.05, 3.63) is 87.4 Å². The van der Waals surface area contributed by atoms with E-state index in [0.29, 0.717) is 39.9 Å². The predicted molar refractivity (Wildman–Crippen MR) is 132 cm³/mol. The zero-order valence-electron chi connectivity index (χ0n) is 18.4. The summed E-state index contributed by atoms with van der Waals surface area (Å²) in [5, 5.41) is 3.46. The molecule has 0 radical (unpaired) electrons. The van der Waals surface area contributed by atoms with E-state index in [2.05, 4.69) is 5.32 Å². The summed E-state index contributed by atoms with van der Waals surface area (Å²) < 4.78 is 11.5. The number of halogens is 2. The molecule has 178 valence electrons. The van der Waals surface area contributed by atoms with Crippen molar-refractivity contribution in [2.45, 2.75) is 18.9 Å². The van der Waals surface area contributed by atoms with Crippen molar-refractivity contribution in [1.82, 2.24) is 4.90 Å². The quantitative estimate of drug-likeness (QED) is 0.422. The first-order valence-corrected chi connectivity index (χ1v) is 11.8. The van der Waals surface area contributed by atoms with Crippen LogP contribution < -0.4 is 10.1 Å². The molecule has 5 rings (SSSR count). The maximum Gasteiger partial charge on any atom is 0.261 e. The molecule has 3 amide bonds. The van der Waals surface area contributed by atoms with E-state index in [1.54, 1.807) is 54.6 Å². The second kappa shape index (κ2) is 9.70. The fourth-order valence-electron chi connectivity index (χ4n) is 4.14. The van der Waals surface area contributed by atoms with E-state index in [1.165, 1.54) is 11.0 Å². The predicted octanol–water partition coefficient (Wildman–Crippen LogP) is 5.81. The molecule has 35 heavy (non-hydrogen) atoms. The Hall–Kier alpha value is -3.39. The van der Waals surface area contributed by atoms with Crippen LogP contribution >= 0.6 is 23.2 Å². The Morgan fingerprint density at radius 2 is 1.80 bits per heavy atom. The third kappa shape index (κ3) is 4.89. The number of amides is 3. The molecule has 0 spiro atoms. The molecule has 0 aromatic heterocycles. The third-order valence-corrected chi connectivity index (χ3v) is 6.40. The van der Waals surface area contributed by atoms with E-state index in [4.69, 9.17) is 32.7 Å². The summed E-state index contributed by atoms with van der Waals surface area (Å²) in [7, 11) is 0. The number of hydrogen-bond acceptors (Lipinski definition) is 5. The molecule has 2 heterocycles. The summed E-state index contributed by atoms with van der Waals surface area (Å²) in [6.45, 7) is 0.903. The van der Waals surface area contributed by atoms with Crippen LogP contribution in [0, 0.1) is 0 Å². The zero-order chi connectivity index (χ0) is 24.5. The minimum atomic E-state index is -0.392. The molecule has 1 fully saturated rings. The Bertz CT molecular complexity index is 1340. The summed E-state index contributed by atoms with van der Waals surface area (Å²) in [5.74, 6) is -0.229. The average molecular weight is 511 g/mol. The molecule has 1 N–H and O–H groups in total. The number of imide groups is 1. The van der Waals surface area contributed by atoms with Gasteiger partial charge in [0.1, 0.15) is 11.5 Å². The molecule has 1 saturated heterocycles. The highest BCUT2D eigenvalue weighted by Crippen LogP contribution is 2.31. The van der Waals surface area contributed by atoms with Crippen LogP contribution in [0.2, 0.25) is 10.0 Å². The smallest absolute Gasteiger partial charge is 0.261 e. The van der Waals surface area contributed by atoms with E-state index in [1.807, 2.05) is 0 Å². The lowest BCUT2D eigenvalue weighted by Gasteiger charge is -2.17. The highest BCUT2D eigenvalue weighted by atomic mass is 35.5. The van der Waals surface area contributed by atoms with Crippen molar-refractivity contribution in [2.24, 2.45) is 0 Å². The standard InChI is InChI=1S/C26H20Cl2N2O5/c27-15-6-8-21(23(28)11-15)24(31)29-16-3-1-4-17(12-16)35-18-7-9-20-22(13-18)26(33)30(25(20)32)14-19-5-2-10-34-19/h1,3-4,6-9,11-13,19H,2,5,10,14H2,(H,29,31). The SMILES string of the molecule is O=C(Nc1cccc(Oc2ccc3c(c2)C(=O)N(CC2CCCO2)C3=O)c1)c1ccc(Cl)cc1Cl. The van der Waals surface area contributed by atoms with Crippen LogP contribution in [-0.4, -0.2) is 41.9 Å². The van der Waals surface area contributed by atoms with Gasteiger partial charge in [-0.05, 0) is 61.4 Å². The van der Waals surface area contributed by atoms with Crippen LogP contribution in [0.4, 0.5) is 5.69 Å². The largest absolute Gasteiger partial charge is 0.457 e. The molecule has 2 aliphatic heterocycles. The number of nitrogens with one attached hydrogen (secondary N) is 1. The van der Waals surface area contributed by atoms with Gasteiger partial charge < -0.3 is 14.8 Å². The van der Waals surface area contributed by atoms with Crippen LogP contribution in [0.3, 0.4) is 0 Å². The number of hydrogen-bond donors (Lipinski definition) is 1. The lowest BCUT2D eigenvalue weighted by Crippen LogP contribution is -2.36. The van der Waals surface area contributed by atoms with Gasteiger partial charge in [0.05, 0.1) is 34.4 Å². The first kappa shape index (κ1) is 23.4. The Kier molecular flexibility index (Phi) is 6.47. The van der Waals surface area contributed by atoms with E-state index in [0.717, 1.165) is 12.8 Å². The van der Waals surface area contributed by atoms with Crippen molar-refractivity contribution < 1.29 is 23.9 Å². The molecule has 1 unspecified atom stereocenters. The maximum absolute atomic E-state index is 12.9. The van der Waals surface area contributed by atoms with Crippen molar-refractivity contribution >= 4 is 46.6 Å². The summed E-state index contributed by atoms with van der Waals surface area (Å²) in [6.07, 6.45) is 1.64. The van der Waals surface area contributed by atoms with Gasteiger partial charge in [0.25, 0.3) is 17.7 Å². The number of rotatable bonds is 6. The van der Waals surface area contributed by atoms with Gasteiger partial charge >= 0.3 is 0 Å². The van der Waals surface area contributed by atoms with Gasteiger partial charge in [-0.3, -0.25) is 19.3 Å². The molecular formula is C26H20Cl2N2O5. The number of nitrogens with zero attached hydrogens (tertiary/aromatic N) is 1. The Balaban J connectivity index is 1.30. The van der Waals surface area contributed by atoms with Gasteiger partial charge in [0.2, 0.25) is 0 Å². The highest BCUT2D eigenvalue weighted by Gasteiger charge is 2.37. The second-order valence-electron chi connectivity index (χ2n) is 8.27. The van der Waals surface area contributed by atoms with Gasteiger partial charge in [-0.25, -0.2) is 0 Å². The fraction of sp³-hybridized carbons (Fsp3) is 0.192. The average Bonchev–Trinajstić information content (AvgIpc) is 3.42. The number of fused-ring (bicyclic) bond motifs is 1. The highest BCUT2D eigenvalue weighted by molar-refractivity contribution is 6.37. The monoisotopic (exact) mass is 510 g/mol. The molecule has 3 aromatic carbocycles. The van der Waals surface area contributed by atoms with Gasteiger partial charge in [0, 0.05) is 23.4 Å². The van der Waals surface area contributed by atoms with Crippen molar-refractivity contribution in [3.63, 3.8) is 0 Å². The van der Waals surface area contributed by atoms with E-state index >= 15 is 0 Å². The summed E-state index contributed by atoms with van der Waals surface area (Å²) in [4.78, 5) is 39.5. The number of carbonyl (C=O) groups is 3. The number of benzene rings is 3. The molecule has 3 aromatic rings. The number of ether oxygens (including phenoxy) is 2. The molecule has 2 aliphatic rings. The first-order valence-electron chi connectivity index (χ1n) is 11.1. The molecule has 1 atom stereocenters. The number of anilines is 1. The Labute approximate surface area is 211 Å². The molecule has 7 nitrogen and oxygen atoms in total. The summed E-state index contributed by atoms with van der Waals surface area (Å²) in [5.41, 5.74) is 1.43. The van der Waals surface area contributed by atoms with Crippen LogP contribution in [0.1, 0.15) is 43.9 Å². The van der Waals surface area contributed by atoms with Crippen LogP contribution in [0.5, 0.6) is 11.5 Å². The molecule has 0 saturated carbocycles. The Morgan fingerprint density at radius 3 is 2.57 bits per heavy atom. The topological polar surface area (TPSA) is 84.9 Å². The minimum absolute atomic E-state index is 0.117. The summed E-state index contributed by atoms with van der Waals surface area (Å²) in [6, 6.07) is 16.2. The lowest BCUT2D eigenvalue weighted by molar-refractivity contribution is 0.0475. The van der Waals surface area contributed by atoms with Gasteiger partial charge in [-0.15, -0.1) is 0 Å². The van der Waals surface area contributed by atoms with Crippen molar-refractivity contribution in [2.75, 3.05) is 18.5 Å². The van der Waals surface area contributed by atoms with Crippen LogP contribution in [0.15, 0.2) is 60.7 Å². The van der Waals surface area contributed by atoms with Gasteiger partial charge in [0.15, 0.2) is 0 Å². The second-order valence-corrected chi connectivity index (χ2v) is 9.12. The van der Waals surface area contributed by atoms with Crippen LogP contribution in [0.25, 0.3) is 0 Å². The Morgan fingerprint density at radius 1 is 1.00 bits per heavy atom. The van der Waals surface area contributed by atoms with Crippen molar-refractivity contribution in [1.29, 1.82) is 0 Å². The van der Waals surface area contributed by atoms with Crippen molar-refractivity contribution in [3.8, 4) is 11.5 Å². The van der Waals surface area contributed by atoms with Gasteiger partial charge in [-0.1, -0.05) is 29.3 Å². The minimum Gasteiger partial charge on any atom is -0.457 e. The zero-order valence-corrected chi connectivity index (χ0v) is 19.9. The first-order chi connectivity index (χ1) is 16.9. The van der Waals surface area contributed by atoms with E-state index in [9.17, 15) is 14.4 Å². The van der Waals surface area contributed by atoms with Crippen LogP contribution in [-0.2, 0) is 4.74 Å². The van der Waals surface area contributed by atoms with E-state index < -0.39 is 5.91 Å². The third-order valence-electron chi connectivity index (χ3n) is 5.86. The summed E-state index contributed by atoms with van der Waals surface area (Å²) >= 11 is 12.0. The van der Waals surface area contributed by atoms with Gasteiger partial charge in [-0.2, -0.15) is 0 Å². The molecule has 0 bridgehead atoms. The molecule has 0 aliphatic carbocycles. The normalized spacial score (nSPS) is 17.0. The molecular weight excluding hydrogens is 491 g/mol. The van der Waals surface area contributed by atoms with E-state index in [-0.39, 0.29) is 35.0 Å².